The van der Waals surface area contributed by atoms with E-state index < -0.39 is 5.41 Å². The maximum atomic E-state index is 12.3. The quantitative estimate of drug-likeness (QED) is 0.716. The smallest absolute Gasteiger partial charge is 0.237 e. The molecular weight excluding hydrogens is 228 g/mol. The van der Waals surface area contributed by atoms with Gasteiger partial charge in [-0.05, 0) is 30.5 Å². The van der Waals surface area contributed by atoms with Crippen molar-refractivity contribution in [2.45, 2.75) is 18.3 Å². The molecule has 18 heavy (non-hydrogen) atoms. The van der Waals surface area contributed by atoms with Crippen molar-refractivity contribution in [3.63, 3.8) is 0 Å². The maximum Gasteiger partial charge on any atom is 0.237 e. The first kappa shape index (κ1) is 10.8. The Morgan fingerprint density at radius 3 is 2.61 bits per heavy atom. The molecule has 2 aromatic rings. The molecule has 1 fully saturated rings. The van der Waals surface area contributed by atoms with Gasteiger partial charge in [0, 0.05) is 18.1 Å². The highest BCUT2D eigenvalue weighted by Gasteiger charge is 2.51. The summed E-state index contributed by atoms with van der Waals surface area (Å²) in [5.41, 5.74) is 6.98. The summed E-state index contributed by atoms with van der Waals surface area (Å²) < 4.78 is 0. The number of anilines is 2. The van der Waals surface area contributed by atoms with Gasteiger partial charge in [-0.15, -0.1) is 0 Å². The van der Waals surface area contributed by atoms with Crippen LogP contribution in [-0.2, 0) is 10.2 Å². The number of benzene rings is 1. The number of nitrogens with one attached hydrogen (secondary N) is 2. The summed E-state index contributed by atoms with van der Waals surface area (Å²) in [4.78, 5) is 19.1. The largest absolute Gasteiger partial charge is 0.399 e. The van der Waals surface area contributed by atoms with Gasteiger partial charge in [-0.2, -0.15) is 0 Å². The Morgan fingerprint density at radius 1 is 1.33 bits per heavy atom. The lowest BCUT2D eigenvalue weighted by Crippen LogP contribution is -2.28. The Balaban J connectivity index is 1.82. The number of nitrogens with zero attached hydrogens (tertiary/aromatic N) is 1. The SMILES string of the molecule is Nc1ccc(C2(C(=O)Nc3ncc[nH]3)CC2)cc1. The standard InChI is InChI=1S/C13H14N4O/c14-10-3-1-9(2-4-10)13(5-6-13)11(18)17-12-15-7-8-16-12/h1-4,7-8H,5-6,14H2,(H2,15,16,17,18). The van der Waals surface area contributed by atoms with E-state index in [1.165, 1.54) is 0 Å². The molecule has 1 aromatic carbocycles. The van der Waals surface area contributed by atoms with Crippen LogP contribution in [0.25, 0.3) is 0 Å². The number of aromatic amines is 1. The van der Waals surface area contributed by atoms with Crippen LogP contribution >= 0.6 is 0 Å². The second-order valence-electron chi connectivity index (χ2n) is 4.60. The zero-order chi connectivity index (χ0) is 12.6. The number of carbonyl (C=O) groups is 1. The van der Waals surface area contributed by atoms with Crippen molar-refractivity contribution in [3.05, 3.63) is 42.2 Å². The molecule has 0 saturated heterocycles. The normalized spacial score (nSPS) is 16.2. The fourth-order valence-electron chi connectivity index (χ4n) is 2.13. The molecule has 0 atom stereocenters. The van der Waals surface area contributed by atoms with Crippen molar-refractivity contribution in [3.8, 4) is 0 Å². The van der Waals surface area contributed by atoms with E-state index in [0.29, 0.717) is 11.6 Å². The molecule has 1 aromatic heterocycles. The van der Waals surface area contributed by atoms with E-state index in [1.54, 1.807) is 12.4 Å². The zero-order valence-electron chi connectivity index (χ0n) is 9.81. The van der Waals surface area contributed by atoms with Gasteiger partial charge in [0.2, 0.25) is 11.9 Å². The first-order chi connectivity index (χ1) is 8.71. The van der Waals surface area contributed by atoms with Crippen LogP contribution in [0.3, 0.4) is 0 Å². The van der Waals surface area contributed by atoms with Crippen molar-refractivity contribution < 1.29 is 4.79 Å². The molecule has 1 saturated carbocycles. The van der Waals surface area contributed by atoms with Gasteiger partial charge in [-0.3, -0.25) is 10.1 Å². The fraction of sp³-hybridized carbons (Fsp3) is 0.231. The Labute approximate surface area is 104 Å². The van der Waals surface area contributed by atoms with Gasteiger partial charge < -0.3 is 10.7 Å². The molecule has 0 unspecified atom stereocenters. The summed E-state index contributed by atoms with van der Waals surface area (Å²) in [6, 6.07) is 7.50. The molecule has 0 aliphatic heterocycles. The van der Waals surface area contributed by atoms with Gasteiger partial charge in [-0.1, -0.05) is 12.1 Å². The number of hydrogen-bond donors (Lipinski definition) is 3. The van der Waals surface area contributed by atoms with Crippen molar-refractivity contribution in [1.82, 2.24) is 9.97 Å². The predicted molar refractivity (Wildman–Crippen MR) is 69.0 cm³/mol. The number of amides is 1. The van der Waals surface area contributed by atoms with Gasteiger partial charge in [0.15, 0.2) is 0 Å². The van der Waals surface area contributed by atoms with Gasteiger partial charge in [0.05, 0.1) is 5.41 Å². The molecule has 92 valence electrons. The lowest BCUT2D eigenvalue weighted by molar-refractivity contribution is -0.118. The Morgan fingerprint density at radius 2 is 2.06 bits per heavy atom. The number of hydrogen-bond acceptors (Lipinski definition) is 3. The second-order valence-corrected chi connectivity index (χ2v) is 4.60. The van der Waals surface area contributed by atoms with E-state index in [9.17, 15) is 4.79 Å². The van der Waals surface area contributed by atoms with Gasteiger partial charge >= 0.3 is 0 Å². The Hall–Kier alpha value is -2.30. The van der Waals surface area contributed by atoms with Crippen LogP contribution in [0.4, 0.5) is 11.6 Å². The number of rotatable bonds is 3. The predicted octanol–water partition coefficient (Wildman–Crippen LogP) is 1.66. The van der Waals surface area contributed by atoms with Crippen LogP contribution in [0, 0.1) is 0 Å². The average molecular weight is 242 g/mol. The topological polar surface area (TPSA) is 83.8 Å². The van der Waals surface area contributed by atoms with Crippen molar-refractivity contribution in [1.29, 1.82) is 0 Å². The average Bonchev–Trinajstić information content (AvgIpc) is 3.03. The van der Waals surface area contributed by atoms with E-state index in [1.807, 2.05) is 24.3 Å². The van der Waals surface area contributed by atoms with Gasteiger partial charge in [0.1, 0.15) is 0 Å². The number of nitrogen functional groups attached to an aromatic ring is 1. The molecule has 1 aliphatic rings. The number of aromatic nitrogens is 2. The molecule has 0 radical (unpaired) electrons. The highest BCUT2D eigenvalue weighted by atomic mass is 16.2. The zero-order valence-corrected chi connectivity index (χ0v) is 9.81. The van der Waals surface area contributed by atoms with Crippen molar-refractivity contribution in [2.75, 3.05) is 11.1 Å². The van der Waals surface area contributed by atoms with Crippen LogP contribution < -0.4 is 11.1 Å². The lowest BCUT2D eigenvalue weighted by atomic mass is 9.95. The second kappa shape index (κ2) is 3.87. The molecule has 5 nitrogen and oxygen atoms in total. The monoisotopic (exact) mass is 242 g/mol. The molecule has 4 N–H and O–H groups in total. The third-order valence-corrected chi connectivity index (χ3v) is 3.38. The van der Waals surface area contributed by atoms with Crippen molar-refractivity contribution >= 4 is 17.5 Å². The number of H-pyrrole nitrogens is 1. The molecule has 1 heterocycles. The van der Waals surface area contributed by atoms with E-state index in [2.05, 4.69) is 15.3 Å². The van der Waals surface area contributed by atoms with Crippen LogP contribution in [0.2, 0.25) is 0 Å². The molecule has 3 rings (SSSR count). The third kappa shape index (κ3) is 1.73. The molecule has 0 spiro atoms. The minimum atomic E-state index is -0.402. The molecule has 5 heteroatoms. The first-order valence-corrected chi connectivity index (χ1v) is 5.88. The van der Waals surface area contributed by atoms with E-state index in [4.69, 9.17) is 5.73 Å². The maximum absolute atomic E-state index is 12.3. The number of imidazole rings is 1. The summed E-state index contributed by atoms with van der Waals surface area (Å²) in [7, 11) is 0. The summed E-state index contributed by atoms with van der Waals surface area (Å²) in [5.74, 6) is 0.476. The highest BCUT2D eigenvalue weighted by Crippen LogP contribution is 2.49. The van der Waals surface area contributed by atoms with Crippen LogP contribution in [0.15, 0.2) is 36.7 Å². The van der Waals surface area contributed by atoms with Gasteiger partial charge in [0.25, 0.3) is 0 Å². The lowest BCUT2D eigenvalue weighted by Gasteiger charge is -2.14. The van der Waals surface area contributed by atoms with Crippen molar-refractivity contribution in [2.24, 2.45) is 0 Å². The van der Waals surface area contributed by atoms with E-state index in [0.717, 1.165) is 18.4 Å². The summed E-state index contributed by atoms with van der Waals surface area (Å²) in [6.07, 6.45) is 5.02. The van der Waals surface area contributed by atoms with Crippen LogP contribution in [-0.4, -0.2) is 15.9 Å². The third-order valence-electron chi connectivity index (χ3n) is 3.38. The van der Waals surface area contributed by atoms with Crippen LogP contribution in [0.5, 0.6) is 0 Å². The van der Waals surface area contributed by atoms with E-state index >= 15 is 0 Å². The number of carbonyl (C=O) groups excluding carboxylic acids is 1. The Bertz CT molecular complexity index is 555. The summed E-state index contributed by atoms with van der Waals surface area (Å²) in [6.45, 7) is 0. The molecular formula is C13H14N4O. The van der Waals surface area contributed by atoms with E-state index in [-0.39, 0.29) is 5.91 Å². The molecule has 1 aliphatic carbocycles. The number of nitrogens with two attached hydrogens (primary N) is 1. The Kier molecular flexibility index (Phi) is 2.33. The minimum absolute atomic E-state index is 0.0118. The molecule has 0 bridgehead atoms. The summed E-state index contributed by atoms with van der Waals surface area (Å²) in [5, 5.41) is 2.80. The first-order valence-electron chi connectivity index (χ1n) is 5.88. The molecule has 1 amide bonds. The highest BCUT2D eigenvalue weighted by molar-refractivity contribution is 6.00. The summed E-state index contributed by atoms with van der Waals surface area (Å²) >= 11 is 0. The van der Waals surface area contributed by atoms with Crippen LogP contribution in [0.1, 0.15) is 18.4 Å². The minimum Gasteiger partial charge on any atom is -0.399 e. The van der Waals surface area contributed by atoms with Gasteiger partial charge in [-0.25, -0.2) is 4.98 Å². The fourth-order valence-corrected chi connectivity index (χ4v) is 2.13.